The van der Waals surface area contributed by atoms with E-state index in [1.54, 1.807) is 0 Å². The molecule has 1 heterocycles. The van der Waals surface area contributed by atoms with Crippen LogP contribution in [0.3, 0.4) is 0 Å². The predicted octanol–water partition coefficient (Wildman–Crippen LogP) is 3.22. The van der Waals surface area contributed by atoms with Gasteiger partial charge in [0.1, 0.15) is 0 Å². The maximum Gasteiger partial charge on any atom is 0.335 e. The minimum atomic E-state index is -0.522. The fourth-order valence-electron chi connectivity index (χ4n) is 2.57. The first-order valence-corrected chi connectivity index (χ1v) is 6.93. The van der Waals surface area contributed by atoms with Gasteiger partial charge in [-0.1, -0.05) is 60.2 Å². The lowest BCUT2D eigenvalue weighted by atomic mass is 9.98. The van der Waals surface area contributed by atoms with E-state index in [1.807, 2.05) is 61.5 Å². The molecule has 2 amide bonds. The zero-order chi connectivity index (χ0) is 14.8. The zero-order valence-corrected chi connectivity index (χ0v) is 11.9. The number of hydrogen-bond acceptors (Lipinski definition) is 2. The van der Waals surface area contributed by atoms with Gasteiger partial charge in [0.05, 0.1) is 11.8 Å². The molecule has 0 fully saturated rings. The number of aryl methyl sites for hydroxylation is 1. The van der Waals surface area contributed by atoms with Crippen molar-refractivity contribution >= 4 is 11.7 Å². The number of hydrazone groups is 1. The number of nitrogens with zero attached hydrogens (tertiary/aromatic N) is 2. The quantitative estimate of drug-likeness (QED) is 0.901. The van der Waals surface area contributed by atoms with E-state index in [-0.39, 0.29) is 6.04 Å². The van der Waals surface area contributed by atoms with Gasteiger partial charge in [0.2, 0.25) is 0 Å². The van der Waals surface area contributed by atoms with Crippen LogP contribution in [0.4, 0.5) is 4.79 Å². The van der Waals surface area contributed by atoms with E-state index in [2.05, 4.69) is 5.10 Å². The highest BCUT2D eigenvalue weighted by Gasteiger charge is 2.31. The predicted molar refractivity (Wildman–Crippen MR) is 82.9 cm³/mol. The van der Waals surface area contributed by atoms with Crippen molar-refractivity contribution in [2.45, 2.75) is 19.4 Å². The van der Waals surface area contributed by atoms with Gasteiger partial charge in [0.15, 0.2) is 0 Å². The Balaban J connectivity index is 1.93. The third-order valence-electron chi connectivity index (χ3n) is 3.71. The number of benzene rings is 2. The second-order valence-electron chi connectivity index (χ2n) is 5.23. The van der Waals surface area contributed by atoms with Crippen LogP contribution in [0, 0.1) is 6.92 Å². The van der Waals surface area contributed by atoms with Crippen LogP contribution in [0.1, 0.15) is 29.2 Å². The molecule has 2 N–H and O–H groups in total. The van der Waals surface area contributed by atoms with Gasteiger partial charge in [0.25, 0.3) is 0 Å². The summed E-state index contributed by atoms with van der Waals surface area (Å²) in [7, 11) is 0. The lowest BCUT2D eigenvalue weighted by Crippen LogP contribution is -2.31. The second kappa shape index (κ2) is 5.40. The van der Waals surface area contributed by atoms with Crippen molar-refractivity contribution < 1.29 is 4.79 Å². The molecule has 0 bridgehead atoms. The average Bonchev–Trinajstić information content (AvgIpc) is 2.94. The Kier molecular flexibility index (Phi) is 3.44. The number of amides is 2. The maximum atomic E-state index is 11.7. The molecule has 4 nitrogen and oxygen atoms in total. The summed E-state index contributed by atoms with van der Waals surface area (Å²) in [6.45, 7) is 2.04. The van der Waals surface area contributed by atoms with Gasteiger partial charge in [-0.15, -0.1) is 0 Å². The summed E-state index contributed by atoms with van der Waals surface area (Å²) in [4.78, 5) is 11.7. The van der Waals surface area contributed by atoms with Gasteiger partial charge >= 0.3 is 6.03 Å². The molecule has 0 aromatic heterocycles. The highest BCUT2D eigenvalue weighted by atomic mass is 16.2. The molecule has 0 saturated heterocycles. The van der Waals surface area contributed by atoms with Gasteiger partial charge in [-0.25, -0.2) is 9.80 Å². The Bertz CT molecular complexity index is 677. The van der Waals surface area contributed by atoms with Crippen LogP contribution in [0.5, 0.6) is 0 Å². The Hall–Kier alpha value is -2.62. The van der Waals surface area contributed by atoms with E-state index in [0.717, 1.165) is 16.8 Å². The number of rotatable bonds is 2. The number of carbonyl (C=O) groups excluding carboxylic acids is 1. The molecule has 0 aliphatic carbocycles. The van der Waals surface area contributed by atoms with Crippen molar-refractivity contribution in [1.29, 1.82) is 0 Å². The Morgan fingerprint density at radius 1 is 1.14 bits per heavy atom. The van der Waals surface area contributed by atoms with Crippen LogP contribution >= 0.6 is 0 Å². The summed E-state index contributed by atoms with van der Waals surface area (Å²) < 4.78 is 0. The minimum absolute atomic E-state index is 0.125. The highest BCUT2D eigenvalue weighted by Crippen LogP contribution is 2.32. The lowest BCUT2D eigenvalue weighted by molar-refractivity contribution is 0.196. The second-order valence-corrected chi connectivity index (χ2v) is 5.23. The first-order valence-electron chi connectivity index (χ1n) is 6.93. The van der Waals surface area contributed by atoms with Crippen molar-refractivity contribution in [2.75, 3.05) is 0 Å². The third-order valence-corrected chi connectivity index (χ3v) is 3.71. The molecule has 2 aromatic carbocycles. The summed E-state index contributed by atoms with van der Waals surface area (Å²) in [5.41, 5.74) is 9.64. The van der Waals surface area contributed by atoms with Gasteiger partial charge in [0, 0.05) is 6.42 Å². The van der Waals surface area contributed by atoms with E-state index >= 15 is 0 Å². The summed E-state index contributed by atoms with van der Waals surface area (Å²) in [6, 6.07) is 17.4. The average molecular weight is 279 g/mol. The molecule has 0 saturated carbocycles. The molecule has 1 aliphatic rings. The fourth-order valence-corrected chi connectivity index (χ4v) is 2.57. The molecular formula is C17H17N3O. The molecule has 21 heavy (non-hydrogen) atoms. The van der Waals surface area contributed by atoms with Gasteiger partial charge < -0.3 is 5.73 Å². The first kappa shape index (κ1) is 13.4. The van der Waals surface area contributed by atoms with E-state index in [9.17, 15) is 4.79 Å². The van der Waals surface area contributed by atoms with Crippen LogP contribution in [-0.4, -0.2) is 16.8 Å². The smallest absolute Gasteiger partial charge is 0.335 e. The molecule has 4 heteroatoms. The zero-order valence-electron chi connectivity index (χ0n) is 11.9. The van der Waals surface area contributed by atoms with Gasteiger partial charge in [-0.2, -0.15) is 5.10 Å². The van der Waals surface area contributed by atoms with Crippen LogP contribution < -0.4 is 5.73 Å². The molecule has 0 radical (unpaired) electrons. The fraction of sp³-hybridized carbons (Fsp3) is 0.176. The van der Waals surface area contributed by atoms with Crippen LogP contribution in [0.2, 0.25) is 0 Å². The molecular weight excluding hydrogens is 262 g/mol. The molecule has 1 aliphatic heterocycles. The summed E-state index contributed by atoms with van der Waals surface area (Å²) >= 11 is 0. The van der Waals surface area contributed by atoms with E-state index < -0.39 is 6.03 Å². The molecule has 3 rings (SSSR count). The Morgan fingerprint density at radius 3 is 2.43 bits per heavy atom. The molecule has 0 spiro atoms. The Morgan fingerprint density at radius 2 is 1.81 bits per heavy atom. The first-order chi connectivity index (χ1) is 10.1. The standard InChI is InChI=1S/C17H17N3O/c1-12-7-9-13(10-8-12)15-11-16(20(19-15)17(18)21)14-5-3-2-4-6-14/h2-10,16H,11H2,1H3,(H2,18,21)/t16-/m1/s1. The number of urea groups is 1. The van der Waals surface area contributed by atoms with E-state index in [0.29, 0.717) is 6.42 Å². The van der Waals surface area contributed by atoms with Crippen molar-refractivity contribution in [2.24, 2.45) is 10.8 Å². The number of nitrogens with two attached hydrogens (primary N) is 1. The van der Waals surface area contributed by atoms with Gasteiger partial charge in [-0.05, 0) is 18.1 Å². The van der Waals surface area contributed by atoms with Crippen molar-refractivity contribution in [3.8, 4) is 0 Å². The van der Waals surface area contributed by atoms with Crippen molar-refractivity contribution in [1.82, 2.24) is 5.01 Å². The van der Waals surface area contributed by atoms with Crippen LogP contribution in [0.15, 0.2) is 59.7 Å². The summed E-state index contributed by atoms with van der Waals surface area (Å²) in [5.74, 6) is 0. The lowest BCUT2D eigenvalue weighted by Gasteiger charge is -2.19. The van der Waals surface area contributed by atoms with Crippen molar-refractivity contribution in [3.05, 3.63) is 71.3 Å². The minimum Gasteiger partial charge on any atom is -0.350 e. The highest BCUT2D eigenvalue weighted by molar-refractivity contribution is 6.03. The third kappa shape index (κ3) is 2.65. The molecule has 106 valence electrons. The Labute approximate surface area is 123 Å². The molecule has 1 atom stereocenters. The molecule has 2 aromatic rings. The summed E-state index contributed by atoms with van der Waals surface area (Å²) in [6.07, 6.45) is 0.677. The number of carbonyl (C=O) groups is 1. The van der Waals surface area contributed by atoms with E-state index in [4.69, 9.17) is 5.73 Å². The molecule has 0 unspecified atom stereocenters. The van der Waals surface area contributed by atoms with Crippen molar-refractivity contribution in [3.63, 3.8) is 0 Å². The number of primary amides is 1. The normalized spacial score (nSPS) is 17.7. The van der Waals surface area contributed by atoms with E-state index in [1.165, 1.54) is 10.6 Å². The van der Waals surface area contributed by atoms with Crippen LogP contribution in [0.25, 0.3) is 0 Å². The van der Waals surface area contributed by atoms with Gasteiger partial charge in [-0.3, -0.25) is 0 Å². The maximum absolute atomic E-state index is 11.7. The van der Waals surface area contributed by atoms with Crippen LogP contribution in [-0.2, 0) is 0 Å². The SMILES string of the molecule is Cc1ccc(C2=NN(C(N)=O)[C@@H](c3ccccc3)C2)cc1. The summed E-state index contributed by atoms with van der Waals surface area (Å²) in [5, 5.41) is 5.80. The monoisotopic (exact) mass is 279 g/mol. The number of hydrogen-bond donors (Lipinski definition) is 1. The topological polar surface area (TPSA) is 58.7 Å². The largest absolute Gasteiger partial charge is 0.350 e.